The van der Waals surface area contributed by atoms with Gasteiger partial charge in [0.05, 0.1) is 5.92 Å². The van der Waals surface area contributed by atoms with Crippen LogP contribution in [-0.2, 0) is 9.59 Å². The van der Waals surface area contributed by atoms with Crippen molar-refractivity contribution in [1.29, 1.82) is 0 Å². The summed E-state index contributed by atoms with van der Waals surface area (Å²) in [5, 5.41) is 9.77. The maximum Gasteiger partial charge on any atom is 0.308 e. The van der Waals surface area contributed by atoms with Crippen LogP contribution in [0, 0.1) is 18.8 Å². The molecule has 0 saturated carbocycles. The van der Waals surface area contributed by atoms with Crippen molar-refractivity contribution in [2.45, 2.75) is 26.9 Å². The Morgan fingerprint density at radius 2 is 2.09 bits per heavy atom. The molecule has 0 spiro atoms. The summed E-state index contributed by atoms with van der Waals surface area (Å²) < 4.78 is 5.66. The molecule has 3 atom stereocenters. The molecular weight excluding hydrogens is 306 g/mol. The van der Waals surface area contributed by atoms with Gasteiger partial charge >= 0.3 is 5.97 Å². The van der Waals surface area contributed by atoms with Crippen LogP contribution < -0.4 is 4.74 Å². The summed E-state index contributed by atoms with van der Waals surface area (Å²) in [7, 11) is 0. The molecule has 22 heavy (non-hydrogen) atoms. The Bertz CT molecular complexity index is 590. The van der Waals surface area contributed by atoms with Gasteiger partial charge in [0.15, 0.2) is 6.10 Å². The standard InChI is InChI=1S/C16H20ClNO4/c1-9-6-12(4-5-14(9)17)22-11(3)15(19)18-7-10(2)13(8-18)16(20)21/h4-6,10-11,13H,7-8H2,1-3H3,(H,20,21)/t10-,11?,13-/m1/s1. The minimum Gasteiger partial charge on any atom is -0.481 e. The van der Waals surface area contributed by atoms with Gasteiger partial charge in [0.25, 0.3) is 5.91 Å². The van der Waals surface area contributed by atoms with E-state index in [4.69, 9.17) is 21.4 Å². The van der Waals surface area contributed by atoms with Crippen LogP contribution in [0.3, 0.4) is 0 Å². The number of rotatable bonds is 4. The molecule has 0 bridgehead atoms. The predicted octanol–water partition coefficient (Wildman–Crippen LogP) is 2.59. The van der Waals surface area contributed by atoms with Crippen molar-refractivity contribution in [2.24, 2.45) is 11.8 Å². The number of amides is 1. The number of ether oxygens (including phenoxy) is 1. The van der Waals surface area contributed by atoms with E-state index in [0.717, 1.165) is 5.56 Å². The summed E-state index contributed by atoms with van der Waals surface area (Å²) in [6, 6.07) is 5.21. The fourth-order valence-corrected chi connectivity index (χ4v) is 2.79. The highest BCUT2D eigenvalue weighted by atomic mass is 35.5. The Hall–Kier alpha value is -1.75. The van der Waals surface area contributed by atoms with E-state index in [1.165, 1.54) is 0 Å². The second-order valence-electron chi connectivity index (χ2n) is 5.84. The molecule has 1 heterocycles. The molecule has 1 aromatic carbocycles. The van der Waals surface area contributed by atoms with Gasteiger partial charge in [-0.25, -0.2) is 0 Å². The number of hydrogen-bond donors (Lipinski definition) is 1. The number of carbonyl (C=O) groups is 2. The Balaban J connectivity index is 2.00. The number of likely N-dealkylation sites (tertiary alicyclic amines) is 1. The molecule has 1 aliphatic heterocycles. The number of nitrogens with zero attached hydrogens (tertiary/aromatic N) is 1. The second kappa shape index (κ2) is 6.57. The van der Waals surface area contributed by atoms with Gasteiger partial charge in [0, 0.05) is 18.1 Å². The quantitative estimate of drug-likeness (QED) is 0.924. The number of carboxylic acids is 1. The number of aliphatic carboxylic acids is 1. The van der Waals surface area contributed by atoms with E-state index in [9.17, 15) is 9.59 Å². The molecule has 0 aromatic heterocycles. The molecule has 1 unspecified atom stereocenters. The minimum absolute atomic E-state index is 0.0496. The van der Waals surface area contributed by atoms with Crippen molar-refractivity contribution in [3.63, 3.8) is 0 Å². The van der Waals surface area contributed by atoms with Gasteiger partial charge < -0.3 is 14.7 Å². The first-order valence-electron chi connectivity index (χ1n) is 7.24. The largest absolute Gasteiger partial charge is 0.481 e. The molecule has 1 fully saturated rings. The third kappa shape index (κ3) is 3.53. The average molecular weight is 326 g/mol. The van der Waals surface area contributed by atoms with E-state index in [0.29, 0.717) is 17.3 Å². The van der Waals surface area contributed by atoms with Crippen molar-refractivity contribution in [1.82, 2.24) is 4.90 Å². The number of aryl methyl sites for hydroxylation is 1. The Morgan fingerprint density at radius 3 is 2.64 bits per heavy atom. The van der Waals surface area contributed by atoms with Gasteiger partial charge in [0.2, 0.25) is 0 Å². The van der Waals surface area contributed by atoms with Gasteiger partial charge in [-0.05, 0) is 43.5 Å². The van der Waals surface area contributed by atoms with E-state index >= 15 is 0 Å². The van der Waals surface area contributed by atoms with E-state index in [-0.39, 0.29) is 18.4 Å². The second-order valence-corrected chi connectivity index (χ2v) is 6.24. The average Bonchev–Trinajstić information content (AvgIpc) is 2.84. The van der Waals surface area contributed by atoms with Crippen molar-refractivity contribution >= 4 is 23.5 Å². The molecular formula is C16H20ClNO4. The van der Waals surface area contributed by atoms with E-state index in [2.05, 4.69) is 0 Å². The summed E-state index contributed by atoms with van der Waals surface area (Å²) in [5.41, 5.74) is 0.875. The first kappa shape index (κ1) is 16.6. The van der Waals surface area contributed by atoms with Crippen LogP contribution in [0.25, 0.3) is 0 Å². The zero-order valence-electron chi connectivity index (χ0n) is 12.9. The number of hydrogen-bond acceptors (Lipinski definition) is 3. The molecule has 2 rings (SSSR count). The minimum atomic E-state index is -0.857. The van der Waals surface area contributed by atoms with Crippen LogP contribution >= 0.6 is 11.6 Å². The van der Waals surface area contributed by atoms with Crippen molar-refractivity contribution < 1.29 is 19.4 Å². The highest BCUT2D eigenvalue weighted by molar-refractivity contribution is 6.31. The van der Waals surface area contributed by atoms with E-state index in [1.54, 1.807) is 30.0 Å². The van der Waals surface area contributed by atoms with Gasteiger partial charge in [-0.2, -0.15) is 0 Å². The first-order chi connectivity index (χ1) is 10.3. The van der Waals surface area contributed by atoms with Crippen molar-refractivity contribution in [3.8, 4) is 5.75 Å². The molecule has 1 aromatic rings. The molecule has 1 aliphatic rings. The fraction of sp³-hybridized carbons (Fsp3) is 0.500. The van der Waals surface area contributed by atoms with Gasteiger partial charge in [0.1, 0.15) is 5.75 Å². The number of carbonyl (C=O) groups excluding carboxylic acids is 1. The van der Waals surface area contributed by atoms with Crippen LogP contribution in [0.1, 0.15) is 19.4 Å². The topological polar surface area (TPSA) is 66.8 Å². The lowest BCUT2D eigenvalue weighted by Crippen LogP contribution is -2.39. The molecule has 120 valence electrons. The van der Waals surface area contributed by atoms with Crippen LogP contribution in [0.2, 0.25) is 5.02 Å². The highest BCUT2D eigenvalue weighted by Gasteiger charge is 2.38. The zero-order valence-corrected chi connectivity index (χ0v) is 13.6. The van der Waals surface area contributed by atoms with Gasteiger partial charge in [-0.1, -0.05) is 18.5 Å². The summed E-state index contributed by atoms with van der Waals surface area (Å²) in [6.07, 6.45) is -0.666. The molecule has 6 heteroatoms. The fourth-order valence-electron chi connectivity index (χ4n) is 2.67. The Labute approximate surface area is 134 Å². The maximum absolute atomic E-state index is 12.4. The van der Waals surface area contributed by atoms with Crippen molar-refractivity contribution in [3.05, 3.63) is 28.8 Å². The number of carboxylic acid groups (broad SMARTS) is 1. The van der Waals surface area contributed by atoms with E-state index < -0.39 is 18.0 Å². The lowest BCUT2D eigenvalue weighted by Gasteiger charge is -2.22. The summed E-state index contributed by atoms with van der Waals surface area (Å²) in [5.74, 6) is -1.03. The lowest BCUT2D eigenvalue weighted by atomic mass is 9.99. The summed E-state index contributed by atoms with van der Waals surface area (Å²) in [6.45, 7) is 6.07. The molecule has 1 saturated heterocycles. The van der Waals surface area contributed by atoms with Crippen LogP contribution in [0.5, 0.6) is 5.75 Å². The van der Waals surface area contributed by atoms with Crippen LogP contribution in [-0.4, -0.2) is 41.1 Å². The zero-order chi connectivity index (χ0) is 16.4. The maximum atomic E-state index is 12.4. The molecule has 0 aliphatic carbocycles. The molecule has 5 nitrogen and oxygen atoms in total. The number of halogens is 1. The third-order valence-corrected chi connectivity index (χ3v) is 4.46. The van der Waals surface area contributed by atoms with Crippen LogP contribution in [0.15, 0.2) is 18.2 Å². The Morgan fingerprint density at radius 1 is 1.41 bits per heavy atom. The van der Waals surface area contributed by atoms with Gasteiger partial charge in [-0.15, -0.1) is 0 Å². The van der Waals surface area contributed by atoms with Gasteiger partial charge in [-0.3, -0.25) is 9.59 Å². The summed E-state index contributed by atoms with van der Waals surface area (Å²) in [4.78, 5) is 25.1. The lowest BCUT2D eigenvalue weighted by molar-refractivity contribution is -0.142. The first-order valence-corrected chi connectivity index (χ1v) is 7.61. The third-order valence-electron chi connectivity index (χ3n) is 4.03. The van der Waals surface area contributed by atoms with E-state index in [1.807, 2.05) is 13.8 Å². The monoisotopic (exact) mass is 325 g/mol. The predicted molar refractivity (Wildman–Crippen MR) is 83.1 cm³/mol. The molecule has 0 radical (unpaired) electrons. The summed E-state index contributed by atoms with van der Waals surface area (Å²) >= 11 is 5.96. The SMILES string of the molecule is Cc1cc(OC(C)C(=O)N2C[C@@H](C)[C@H](C(=O)O)C2)ccc1Cl. The van der Waals surface area contributed by atoms with Crippen LogP contribution in [0.4, 0.5) is 0 Å². The van der Waals surface area contributed by atoms with Crippen molar-refractivity contribution in [2.75, 3.05) is 13.1 Å². The number of benzene rings is 1. The highest BCUT2D eigenvalue weighted by Crippen LogP contribution is 2.25. The Kier molecular flexibility index (Phi) is 4.96. The molecule has 1 N–H and O–H groups in total. The molecule has 1 amide bonds. The smallest absolute Gasteiger partial charge is 0.308 e. The normalized spacial score (nSPS) is 22.5.